The lowest BCUT2D eigenvalue weighted by atomic mass is 10.3. The zero-order valence-electron chi connectivity index (χ0n) is 8.23. The van der Waals surface area contributed by atoms with Crippen molar-refractivity contribution >= 4 is 11.5 Å². The van der Waals surface area contributed by atoms with Crippen LogP contribution < -0.4 is 10.6 Å². The van der Waals surface area contributed by atoms with Crippen LogP contribution in [0.15, 0.2) is 18.3 Å². The second kappa shape index (κ2) is 4.86. The lowest BCUT2D eigenvalue weighted by Gasteiger charge is -2.09. The minimum Gasteiger partial charge on any atom is -0.385 e. The molecule has 84 valence electrons. The molecule has 0 saturated carbocycles. The van der Waals surface area contributed by atoms with Gasteiger partial charge < -0.3 is 10.6 Å². The van der Waals surface area contributed by atoms with Crippen molar-refractivity contribution in [1.29, 1.82) is 0 Å². The highest BCUT2D eigenvalue weighted by Crippen LogP contribution is 2.19. The van der Waals surface area contributed by atoms with Crippen LogP contribution >= 0.6 is 0 Å². The monoisotopic (exact) mass is 219 g/mol. The van der Waals surface area contributed by atoms with Crippen molar-refractivity contribution in [2.45, 2.75) is 12.6 Å². The number of rotatable bonds is 4. The number of pyridine rings is 1. The third-order valence-corrected chi connectivity index (χ3v) is 1.75. The van der Waals surface area contributed by atoms with E-state index in [1.54, 1.807) is 19.2 Å². The van der Waals surface area contributed by atoms with Gasteiger partial charge >= 0.3 is 6.18 Å². The average Bonchev–Trinajstić information content (AvgIpc) is 2.16. The Bertz CT molecular complexity index is 312. The normalized spacial score (nSPS) is 11.2. The molecule has 0 aliphatic heterocycles. The molecule has 1 heterocycles. The number of halogens is 3. The van der Waals surface area contributed by atoms with Crippen molar-refractivity contribution in [3.63, 3.8) is 0 Å². The molecule has 6 heteroatoms. The van der Waals surface area contributed by atoms with E-state index in [1.807, 2.05) is 0 Å². The second-order valence-corrected chi connectivity index (χ2v) is 2.97. The van der Waals surface area contributed by atoms with Gasteiger partial charge in [-0.3, -0.25) is 0 Å². The van der Waals surface area contributed by atoms with E-state index >= 15 is 0 Å². The van der Waals surface area contributed by atoms with Crippen LogP contribution in [0.3, 0.4) is 0 Å². The van der Waals surface area contributed by atoms with Crippen molar-refractivity contribution in [1.82, 2.24) is 4.98 Å². The third-order valence-electron chi connectivity index (χ3n) is 1.75. The van der Waals surface area contributed by atoms with Gasteiger partial charge in [-0.25, -0.2) is 4.98 Å². The summed E-state index contributed by atoms with van der Waals surface area (Å²) in [6.45, 7) is -0.128. The molecule has 1 rings (SSSR count). The van der Waals surface area contributed by atoms with Gasteiger partial charge in [0.05, 0.1) is 6.42 Å². The molecule has 1 aromatic heterocycles. The SMILES string of the molecule is CNc1cc(NCCC(F)(F)F)ccn1. The average molecular weight is 219 g/mol. The fourth-order valence-corrected chi connectivity index (χ4v) is 1.03. The number of nitrogens with zero attached hydrogens (tertiary/aromatic N) is 1. The zero-order chi connectivity index (χ0) is 11.3. The Hall–Kier alpha value is -1.46. The second-order valence-electron chi connectivity index (χ2n) is 2.97. The molecule has 0 aliphatic rings. The lowest BCUT2D eigenvalue weighted by Crippen LogP contribution is -2.14. The van der Waals surface area contributed by atoms with E-state index in [9.17, 15) is 13.2 Å². The summed E-state index contributed by atoms with van der Waals surface area (Å²) in [4.78, 5) is 3.94. The molecule has 0 amide bonds. The molecule has 15 heavy (non-hydrogen) atoms. The number of hydrogen-bond acceptors (Lipinski definition) is 3. The first-order valence-corrected chi connectivity index (χ1v) is 4.46. The van der Waals surface area contributed by atoms with Crippen LogP contribution in [-0.2, 0) is 0 Å². The van der Waals surface area contributed by atoms with E-state index in [2.05, 4.69) is 15.6 Å². The van der Waals surface area contributed by atoms with E-state index in [-0.39, 0.29) is 6.54 Å². The number of aromatic nitrogens is 1. The van der Waals surface area contributed by atoms with Gasteiger partial charge in [-0.15, -0.1) is 0 Å². The molecule has 0 atom stereocenters. The van der Waals surface area contributed by atoms with Gasteiger partial charge in [-0.2, -0.15) is 13.2 Å². The summed E-state index contributed by atoms with van der Waals surface area (Å²) in [5.41, 5.74) is 0.624. The number of hydrogen-bond donors (Lipinski definition) is 2. The van der Waals surface area contributed by atoms with Gasteiger partial charge in [0.1, 0.15) is 5.82 Å². The molecule has 0 spiro atoms. The first-order valence-electron chi connectivity index (χ1n) is 4.46. The van der Waals surface area contributed by atoms with E-state index in [0.717, 1.165) is 0 Å². The van der Waals surface area contributed by atoms with Gasteiger partial charge in [0.2, 0.25) is 0 Å². The maximum atomic E-state index is 11.8. The van der Waals surface area contributed by atoms with Gasteiger partial charge in [0, 0.05) is 31.5 Å². The van der Waals surface area contributed by atoms with Crippen molar-refractivity contribution in [2.24, 2.45) is 0 Å². The number of anilines is 2. The number of alkyl halides is 3. The third kappa shape index (κ3) is 4.53. The minimum atomic E-state index is -4.12. The fourth-order valence-electron chi connectivity index (χ4n) is 1.03. The highest BCUT2D eigenvalue weighted by atomic mass is 19.4. The summed E-state index contributed by atoms with van der Waals surface area (Å²) in [6, 6.07) is 3.27. The van der Waals surface area contributed by atoms with E-state index in [1.165, 1.54) is 6.20 Å². The highest BCUT2D eigenvalue weighted by Gasteiger charge is 2.25. The summed E-state index contributed by atoms with van der Waals surface area (Å²) >= 11 is 0. The zero-order valence-corrected chi connectivity index (χ0v) is 8.23. The Morgan fingerprint density at radius 1 is 1.40 bits per heavy atom. The smallest absolute Gasteiger partial charge is 0.385 e. The molecule has 3 nitrogen and oxygen atoms in total. The lowest BCUT2D eigenvalue weighted by molar-refractivity contribution is -0.131. The van der Waals surface area contributed by atoms with Crippen LogP contribution in [-0.4, -0.2) is 24.8 Å². The van der Waals surface area contributed by atoms with Crippen LogP contribution in [0.25, 0.3) is 0 Å². The van der Waals surface area contributed by atoms with Gasteiger partial charge in [-0.05, 0) is 6.07 Å². The number of nitrogens with one attached hydrogen (secondary N) is 2. The topological polar surface area (TPSA) is 37.0 Å². The molecule has 0 unspecified atom stereocenters. The first-order chi connectivity index (χ1) is 7.01. The van der Waals surface area contributed by atoms with Crippen molar-refractivity contribution < 1.29 is 13.2 Å². The molecular formula is C9H12F3N3. The molecular weight excluding hydrogens is 207 g/mol. The molecule has 0 fully saturated rings. The predicted octanol–water partition coefficient (Wildman–Crippen LogP) is 2.49. The summed E-state index contributed by atoms with van der Waals surface area (Å²) in [5.74, 6) is 0.618. The van der Waals surface area contributed by atoms with Crippen LogP contribution in [0.5, 0.6) is 0 Å². The summed E-state index contributed by atoms with van der Waals surface area (Å²) in [7, 11) is 1.70. The van der Waals surface area contributed by atoms with Crippen LogP contribution in [0.4, 0.5) is 24.7 Å². The van der Waals surface area contributed by atoms with Crippen molar-refractivity contribution in [3.8, 4) is 0 Å². The summed E-state index contributed by atoms with van der Waals surface area (Å²) in [6.07, 6.45) is -3.43. The van der Waals surface area contributed by atoms with Gasteiger partial charge in [0.15, 0.2) is 0 Å². The fraction of sp³-hybridized carbons (Fsp3) is 0.444. The van der Waals surface area contributed by atoms with Crippen LogP contribution in [0.2, 0.25) is 0 Å². The predicted molar refractivity (Wildman–Crippen MR) is 52.9 cm³/mol. The maximum Gasteiger partial charge on any atom is 0.390 e. The standard InChI is InChI=1S/C9H12F3N3/c1-13-8-6-7(2-4-15-8)14-5-3-9(10,11)12/h2,4,6H,3,5H2,1H3,(H2,13,14,15). The molecule has 0 saturated heterocycles. The Labute approximate surface area is 85.7 Å². The summed E-state index contributed by atoms with van der Waals surface area (Å²) < 4.78 is 35.5. The van der Waals surface area contributed by atoms with Crippen molar-refractivity contribution in [2.75, 3.05) is 24.2 Å². The molecule has 0 aromatic carbocycles. The molecule has 0 bridgehead atoms. The Morgan fingerprint density at radius 2 is 2.13 bits per heavy atom. The maximum absolute atomic E-state index is 11.8. The quantitative estimate of drug-likeness (QED) is 0.816. The largest absolute Gasteiger partial charge is 0.390 e. The van der Waals surface area contributed by atoms with Crippen molar-refractivity contribution in [3.05, 3.63) is 18.3 Å². The molecule has 0 aliphatic carbocycles. The highest BCUT2D eigenvalue weighted by molar-refractivity contribution is 5.51. The first kappa shape index (κ1) is 11.6. The van der Waals surface area contributed by atoms with E-state index in [4.69, 9.17) is 0 Å². The van der Waals surface area contributed by atoms with Crippen LogP contribution in [0.1, 0.15) is 6.42 Å². The molecule has 1 aromatic rings. The Kier molecular flexibility index (Phi) is 3.76. The minimum absolute atomic E-state index is 0.128. The van der Waals surface area contributed by atoms with Crippen LogP contribution in [0, 0.1) is 0 Å². The van der Waals surface area contributed by atoms with E-state index < -0.39 is 12.6 Å². The van der Waals surface area contributed by atoms with Gasteiger partial charge in [0.25, 0.3) is 0 Å². The molecule has 0 radical (unpaired) electrons. The summed E-state index contributed by atoms with van der Waals surface area (Å²) in [5, 5.41) is 5.48. The van der Waals surface area contributed by atoms with E-state index in [0.29, 0.717) is 11.5 Å². The Balaban J connectivity index is 2.44. The molecule has 2 N–H and O–H groups in total. The van der Waals surface area contributed by atoms with Gasteiger partial charge in [-0.1, -0.05) is 0 Å². The Morgan fingerprint density at radius 3 is 2.73 bits per heavy atom.